The number of likely N-dealkylation sites (N-methyl/N-ethyl adjacent to an activating group) is 1. The van der Waals surface area contributed by atoms with Gasteiger partial charge in [-0.05, 0) is 77.9 Å². The van der Waals surface area contributed by atoms with Gasteiger partial charge in [-0.3, -0.25) is 14.5 Å². The number of aliphatic hydroxyl groups is 1. The Kier molecular flexibility index (Phi) is 38.9. The van der Waals surface area contributed by atoms with E-state index in [2.05, 4.69) is 42.5 Å². The van der Waals surface area contributed by atoms with E-state index in [1.807, 2.05) is 0 Å². The standard InChI is InChI=1S/C50H99N3O5/c1-5-8-11-14-17-18-19-25-33-44-57-49(55)36-30-26-32-39-52(45-47(54)46-53-42-40-51(4)41-43-53)38-31-24-20-23-29-37-50(56)58-48(34-27-21-15-12-9-6-2)35-28-22-16-13-10-7-3/h47-48,54H,5-46H2,1-4H3. The van der Waals surface area contributed by atoms with Crippen LogP contribution >= 0.6 is 0 Å². The molecule has 1 heterocycles. The lowest BCUT2D eigenvalue weighted by atomic mass is 10.0. The topological polar surface area (TPSA) is 82.5 Å². The van der Waals surface area contributed by atoms with E-state index in [0.717, 1.165) is 123 Å². The summed E-state index contributed by atoms with van der Waals surface area (Å²) in [5.74, 6) is -0.0389. The Balaban J connectivity index is 2.35. The Hall–Kier alpha value is -1.22. The molecule has 0 aromatic heterocycles. The molecule has 1 N–H and O–H groups in total. The maximum Gasteiger partial charge on any atom is 0.306 e. The van der Waals surface area contributed by atoms with Gasteiger partial charge in [-0.1, -0.05) is 162 Å². The summed E-state index contributed by atoms with van der Waals surface area (Å²) in [7, 11) is 2.17. The summed E-state index contributed by atoms with van der Waals surface area (Å²) in [5.41, 5.74) is 0. The number of esters is 2. The van der Waals surface area contributed by atoms with Crippen LogP contribution in [0.5, 0.6) is 0 Å². The fourth-order valence-corrected chi connectivity index (χ4v) is 8.38. The zero-order valence-electron chi connectivity index (χ0n) is 39.3. The quantitative estimate of drug-likeness (QED) is 0.0481. The van der Waals surface area contributed by atoms with Gasteiger partial charge in [-0.2, -0.15) is 0 Å². The molecule has 0 aromatic rings. The van der Waals surface area contributed by atoms with Gasteiger partial charge in [0.1, 0.15) is 6.10 Å². The van der Waals surface area contributed by atoms with Gasteiger partial charge in [0.2, 0.25) is 0 Å². The van der Waals surface area contributed by atoms with Crippen molar-refractivity contribution in [1.82, 2.24) is 14.7 Å². The van der Waals surface area contributed by atoms with Crippen LogP contribution in [0.4, 0.5) is 0 Å². The van der Waals surface area contributed by atoms with Gasteiger partial charge >= 0.3 is 11.9 Å². The lowest BCUT2D eigenvalue weighted by Gasteiger charge is -2.34. The minimum absolute atomic E-state index is 0.00884. The van der Waals surface area contributed by atoms with E-state index in [9.17, 15) is 14.7 Å². The van der Waals surface area contributed by atoms with Crippen LogP contribution in [0.2, 0.25) is 0 Å². The molecule has 0 aromatic carbocycles. The molecule has 1 atom stereocenters. The van der Waals surface area contributed by atoms with Crippen LogP contribution < -0.4 is 0 Å². The van der Waals surface area contributed by atoms with E-state index in [4.69, 9.17) is 9.47 Å². The number of ether oxygens (including phenoxy) is 2. The minimum Gasteiger partial charge on any atom is -0.466 e. The average molecular weight is 822 g/mol. The Bertz CT molecular complexity index is 882. The van der Waals surface area contributed by atoms with Crippen molar-refractivity contribution in [2.24, 2.45) is 0 Å². The molecule has 0 spiro atoms. The van der Waals surface area contributed by atoms with E-state index >= 15 is 0 Å². The second kappa shape index (κ2) is 41.1. The highest BCUT2D eigenvalue weighted by atomic mass is 16.5. The van der Waals surface area contributed by atoms with Gasteiger partial charge in [-0.25, -0.2) is 0 Å². The third-order valence-corrected chi connectivity index (χ3v) is 12.3. The monoisotopic (exact) mass is 822 g/mol. The molecule has 58 heavy (non-hydrogen) atoms. The number of rotatable bonds is 43. The highest BCUT2D eigenvalue weighted by Gasteiger charge is 2.19. The number of carbonyl (C=O) groups is 2. The van der Waals surface area contributed by atoms with E-state index in [1.165, 1.54) is 122 Å². The summed E-state index contributed by atoms with van der Waals surface area (Å²) in [5, 5.41) is 11.1. The SMILES string of the molecule is CCCCCCCCCCCOC(=O)CCCCCN(CCCCCCCC(=O)OC(CCCCCCCC)CCCCCCCC)CC(O)CN1CCN(C)CC1. The van der Waals surface area contributed by atoms with E-state index in [1.54, 1.807) is 0 Å². The van der Waals surface area contributed by atoms with Crippen molar-refractivity contribution in [2.45, 2.75) is 245 Å². The van der Waals surface area contributed by atoms with Crippen LogP contribution in [0.15, 0.2) is 0 Å². The van der Waals surface area contributed by atoms with Gasteiger partial charge in [0.05, 0.1) is 12.7 Å². The second-order valence-electron chi connectivity index (χ2n) is 18.2. The summed E-state index contributed by atoms with van der Waals surface area (Å²) >= 11 is 0. The Morgan fingerprint density at radius 1 is 0.534 bits per heavy atom. The second-order valence-corrected chi connectivity index (χ2v) is 18.2. The van der Waals surface area contributed by atoms with Crippen LogP contribution in [0.1, 0.15) is 233 Å². The van der Waals surface area contributed by atoms with Gasteiger partial charge < -0.3 is 24.4 Å². The van der Waals surface area contributed by atoms with Crippen LogP contribution in [0.25, 0.3) is 0 Å². The van der Waals surface area contributed by atoms with Crippen molar-refractivity contribution < 1.29 is 24.2 Å². The maximum absolute atomic E-state index is 12.9. The fraction of sp³-hybridized carbons (Fsp3) is 0.960. The predicted octanol–water partition coefficient (Wildman–Crippen LogP) is 12.3. The van der Waals surface area contributed by atoms with Crippen molar-refractivity contribution in [1.29, 1.82) is 0 Å². The summed E-state index contributed by atoms with van der Waals surface area (Å²) < 4.78 is 11.6. The van der Waals surface area contributed by atoms with E-state index in [-0.39, 0.29) is 24.1 Å². The summed E-state index contributed by atoms with van der Waals surface area (Å²) in [6, 6.07) is 0. The molecule has 1 aliphatic rings. The number of hydrogen-bond donors (Lipinski definition) is 1. The van der Waals surface area contributed by atoms with Crippen molar-refractivity contribution >= 4 is 11.9 Å². The van der Waals surface area contributed by atoms with Crippen LogP contribution in [0.3, 0.4) is 0 Å². The lowest BCUT2D eigenvalue weighted by molar-refractivity contribution is -0.150. The zero-order chi connectivity index (χ0) is 42.2. The summed E-state index contributed by atoms with van der Waals surface area (Å²) in [4.78, 5) is 32.4. The van der Waals surface area contributed by atoms with Crippen molar-refractivity contribution in [3.8, 4) is 0 Å². The van der Waals surface area contributed by atoms with Gasteiger partial charge in [0, 0.05) is 52.1 Å². The number of nitrogens with zero attached hydrogens (tertiary/aromatic N) is 3. The van der Waals surface area contributed by atoms with Crippen LogP contribution in [0, 0.1) is 0 Å². The van der Waals surface area contributed by atoms with Crippen LogP contribution in [-0.4, -0.2) is 110 Å². The summed E-state index contributed by atoms with van der Waals surface area (Å²) in [6.45, 7) is 14.9. The molecule has 1 aliphatic heterocycles. The third kappa shape index (κ3) is 35.5. The minimum atomic E-state index is -0.351. The number of aliphatic hydroxyl groups excluding tert-OH is 1. The maximum atomic E-state index is 12.9. The molecule has 1 saturated heterocycles. The Morgan fingerprint density at radius 3 is 1.47 bits per heavy atom. The van der Waals surface area contributed by atoms with E-state index in [0.29, 0.717) is 26.0 Å². The Labute approximate surface area is 360 Å². The molecule has 1 fully saturated rings. The number of hydrogen-bond acceptors (Lipinski definition) is 8. The molecule has 8 heteroatoms. The molecule has 344 valence electrons. The van der Waals surface area contributed by atoms with Crippen LogP contribution in [-0.2, 0) is 19.1 Å². The van der Waals surface area contributed by atoms with Crippen molar-refractivity contribution in [3.05, 3.63) is 0 Å². The molecular formula is C50H99N3O5. The first-order valence-corrected chi connectivity index (χ1v) is 25.5. The highest BCUT2D eigenvalue weighted by Crippen LogP contribution is 2.19. The molecule has 0 bridgehead atoms. The smallest absolute Gasteiger partial charge is 0.306 e. The van der Waals surface area contributed by atoms with Crippen molar-refractivity contribution in [3.63, 3.8) is 0 Å². The first kappa shape index (κ1) is 54.8. The predicted molar refractivity (Wildman–Crippen MR) is 247 cm³/mol. The number of unbranched alkanes of at least 4 members (excludes halogenated alkanes) is 24. The lowest BCUT2D eigenvalue weighted by Crippen LogP contribution is -2.49. The molecule has 1 unspecified atom stereocenters. The molecule has 0 radical (unpaired) electrons. The molecule has 1 rings (SSSR count). The molecule has 0 saturated carbocycles. The average Bonchev–Trinajstić information content (AvgIpc) is 3.21. The molecule has 0 aliphatic carbocycles. The van der Waals surface area contributed by atoms with Gasteiger partial charge in [0.15, 0.2) is 0 Å². The first-order valence-electron chi connectivity index (χ1n) is 25.5. The number of carbonyl (C=O) groups excluding carboxylic acids is 2. The van der Waals surface area contributed by atoms with Crippen molar-refractivity contribution in [2.75, 3.05) is 66.0 Å². The summed E-state index contributed by atoms with van der Waals surface area (Å²) in [6.07, 6.45) is 37.9. The molecule has 0 amide bonds. The first-order chi connectivity index (χ1) is 28.4. The highest BCUT2D eigenvalue weighted by molar-refractivity contribution is 5.69. The van der Waals surface area contributed by atoms with Gasteiger partial charge in [-0.15, -0.1) is 0 Å². The third-order valence-electron chi connectivity index (χ3n) is 12.3. The largest absolute Gasteiger partial charge is 0.466 e. The Morgan fingerprint density at radius 2 is 0.948 bits per heavy atom. The zero-order valence-corrected chi connectivity index (χ0v) is 39.3. The molecule has 8 nitrogen and oxygen atoms in total. The number of piperazine rings is 1. The van der Waals surface area contributed by atoms with Gasteiger partial charge in [0.25, 0.3) is 0 Å². The fourth-order valence-electron chi connectivity index (χ4n) is 8.38. The normalized spacial score (nSPS) is 14.5. The van der Waals surface area contributed by atoms with E-state index < -0.39 is 0 Å². The molecular weight excluding hydrogens is 723 g/mol. The number of β-amino-alcohol motifs (C(OH)–C–C–N with tert-alkyl or cyclic N) is 1.